The number of nitrogens with one attached hydrogen (secondary N) is 1. The minimum atomic E-state index is -0.996. The summed E-state index contributed by atoms with van der Waals surface area (Å²) in [6, 6.07) is 3.74. The van der Waals surface area contributed by atoms with Crippen LogP contribution in [0.5, 0.6) is 5.75 Å². The Morgan fingerprint density at radius 1 is 1.29 bits per heavy atom. The van der Waals surface area contributed by atoms with E-state index in [0.717, 1.165) is 22.3 Å². The van der Waals surface area contributed by atoms with Crippen molar-refractivity contribution in [3.05, 3.63) is 46.8 Å². The molecule has 2 rings (SSSR count). The quantitative estimate of drug-likeness (QED) is 0.784. The molecule has 114 valence electrons. The van der Waals surface area contributed by atoms with Gasteiger partial charge in [-0.25, -0.2) is 0 Å². The predicted octanol–water partition coefficient (Wildman–Crippen LogP) is 1.74. The number of aromatic nitrogens is 2. The first kappa shape index (κ1) is 15.5. The van der Waals surface area contributed by atoms with Gasteiger partial charge in [0.2, 0.25) is 0 Å². The normalized spacial score (nSPS) is 14.1. The lowest BCUT2D eigenvalue weighted by Crippen LogP contribution is -2.34. The molecule has 21 heavy (non-hydrogen) atoms. The van der Waals surface area contributed by atoms with Gasteiger partial charge in [-0.05, 0) is 38.0 Å². The molecule has 5 heteroatoms. The fraction of sp³-hybridized carbons (Fsp3) is 0.438. The molecule has 0 bridgehead atoms. The highest BCUT2D eigenvalue weighted by Gasteiger charge is 2.24. The van der Waals surface area contributed by atoms with Crippen molar-refractivity contribution >= 4 is 0 Å². The summed E-state index contributed by atoms with van der Waals surface area (Å²) in [7, 11) is 1.82. The summed E-state index contributed by atoms with van der Waals surface area (Å²) in [6.07, 6.45) is 3.46. The maximum Gasteiger partial charge on any atom is 0.120 e. The number of aryl methyl sites for hydroxylation is 3. The Balaban J connectivity index is 1.99. The third kappa shape index (κ3) is 3.62. The number of hydrogen-bond donors (Lipinski definition) is 3. The molecule has 0 radical (unpaired) electrons. The lowest BCUT2D eigenvalue weighted by Gasteiger charge is -2.22. The summed E-state index contributed by atoms with van der Waals surface area (Å²) < 4.78 is 1.67. The summed E-state index contributed by atoms with van der Waals surface area (Å²) in [6.45, 7) is 6.62. The van der Waals surface area contributed by atoms with Crippen molar-refractivity contribution in [3.63, 3.8) is 0 Å². The molecule has 0 aliphatic rings. The molecule has 5 nitrogen and oxygen atoms in total. The number of nitrogens with zero attached hydrogens (tertiary/aromatic N) is 2. The smallest absolute Gasteiger partial charge is 0.120 e. The first-order chi connectivity index (χ1) is 9.79. The van der Waals surface area contributed by atoms with E-state index in [1.165, 1.54) is 0 Å². The summed E-state index contributed by atoms with van der Waals surface area (Å²) >= 11 is 0. The second kappa shape index (κ2) is 5.87. The molecule has 0 fully saturated rings. The summed E-state index contributed by atoms with van der Waals surface area (Å²) in [4.78, 5) is 0. The third-order valence-electron chi connectivity index (χ3n) is 3.81. The molecule has 0 spiro atoms. The van der Waals surface area contributed by atoms with Crippen LogP contribution >= 0.6 is 0 Å². The zero-order valence-electron chi connectivity index (χ0n) is 13.0. The number of benzene rings is 1. The molecule has 1 unspecified atom stereocenters. The van der Waals surface area contributed by atoms with Crippen LogP contribution < -0.4 is 5.32 Å². The lowest BCUT2D eigenvalue weighted by atomic mass is 9.99. The van der Waals surface area contributed by atoms with Crippen molar-refractivity contribution in [1.82, 2.24) is 15.1 Å². The van der Waals surface area contributed by atoms with Crippen LogP contribution in [0, 0.1) is 13.8 Å². The van der Waals surface area contributed by atoms with Gasteiger partial charge in [-0.15, -0.1) is 0 Å². The maximum absolute atomic E-state index is 10.5. The number of aliphatic hydroxyl groups is 1. The molecule has 2 aromatic rings. The Bertz CT molecular complexity index is 632. The van der Waals surface area contributed by atoms with Gasteiger partial charge >= 0.3 is 0 Å². The Labute approximate surface area is 125 Å². The highest BCUT2D eigenvalue weighted by Crippen LogP contribution is 2.23. The van der Waals surface area contributed by atoms with Gasteiger partial charge in [-0.3, -0.25) is 4.68 Å². The molecule has 1 heterocycles. The largest absolute Gasteiger partial charge is 0.508 e. The van der Waals surface area contributed by atoms with Crippen molar-refractivity contribution in [2.45, 2.75) is 32.9 Å². The molecule has 1 atom stereocenters. The molecular weight excluding hydrogens is 266 g/mol. The van der Waals surface area contributed by atoms with Crippen LogP contribution in [-0.4, -0.2) is 26.5 Å². The molecule has 0 amide bonds. The fourth-order valence-corrected chi connectivity index (χ4v) is 2.24. The second-order valence-corrected chi connectivity index (χ2v) is 5.85. The highest BCUT2D eigenvalue weighted by atomic mass is 16.3. The van der Waals surface area contributed by atoms with E-state index >= 15 is 0 Å². The molecule has 3 N–H and O–H groups in total. The van der Waals surface area contributed by atoms with E-state index < -0.39 is 5.60 Å². The Morgan fingerprint density at radius 2 is 1.95 bits per heavy atom. The molecule has 0 aliphatic heterocycles. The van der Waals surface area contributed by atoms with Crippen molar-refractivity contribution in [1.29, 1.82) is 0 Å². The SMILES string of the molecule is Cc1cc(O)c(CNCC(C)(O)c2cnn(C)c2)cc1C. The van der Waals surface area contributed by atoms with Crippen LogP contribution in [0.4, 0.5) is 0 Å². The molecular formula is C16H23N3O2. The Hall–Kier alpha value is -1.85. The first-order valence-corrected chi connectivity index (χ1v) is 7.01. The zero-order valence-corrected chi connectivity index (χ0v) is 13.0. The van der Waals surface area contributed by atoms with E-state index in [1.807, 2.05) is 27.0 Å². The van der Waals surface area contributed by atoms with Crippen molar-refractivity contribution < 1.29 is 10.2 Å². The molecule has 1 aromatic heterocycles. The third-order valence-corrected chi connectivity index (χ3v) is 3.81. The maximum atomic E-state index is 10.5. The second-order valence-electron chi connectivity index (χ2n) is 5.85. The van der Waals surface area contributed by atoms with Gasteiger partial charge in [0, 0.05) is 37.5 Å². The Morgan fingerprint density at radius 3 is 2.57 bits per heavy atom. The van der Waals surface area contributed by atoms with E-state index in [1.54, 1.807) is 30.1 Å². The minimum absolute atomic E-state index is 0.284. The Kier molecular flexibility index (Phi) is 4.34. The van der Waals surface area contributed by atoms with Crippen LogP contribution in [0.2, 0.25) is 0 Å². The van der Waals surface area contributed by atoms with Crippen LogP contribution in [0.1, 0.15) is 29.2 Å². The van der Waals surface area contributed by atoms with E-state index in [4.69, 9.17) is 0 Å². The summed E-state index contributed by atoms with van der Waals surface area (Å²) in [5.41, 5.74) is 2.81. The van der Waals surface area contributed by atoms with Crippen molar-refractivity contribution in [2.24, 2.45) is 7.05 Å². The number of aromatic hydroxyl groups is 1. The highest BCUT2D eigenvalue weighted by molar-refractivity contribution is 5.40. The molecule has 0 saturated carbocycles. The van der Waals surface area contributed by atoms with Crippen LogP contribution in [0.3, 0.4) is 0 Å². The van der Waals surface area contributed by atoms with Gasteiger partial charge in [-0.1, -0.05) is 6.07 Å². The van der Waals surface area contributed by atoms with Crippen LogP contribution in [0.15, 0.2) is 24.5 Å². The predicted molar refractivity (Wildman–Crippen MR) is 82.1 cm³/mol. The number of rotatable bonds is 5. The topological polar surface area (TPSA) is 70.3 Å². The minimum Gasteiger partial charge on any atom is -0.508 e. The number of hydrogen-bond acceptors (Lipinski definition) is 4. The van der Waals surface area contributed by atoms with Gasteiger partial charge < -0.3 is 15.5 Å². The number of phenolic OH excluding ortho intramolecular Hbond substituents is 1. The van der Waals surface area contributed by atoms with Crippen LogP contribution in [0.25, 0.3) is 0 Å². The average Bonchev–Trinajstić information content (AvgIpc) is 2.83. The van der Waals surface area contributed by atoms with E-state index in [9.17, 15) is 10.2 Å². The summed E-state index contributed by atoms with van der Waals surface area (Å²) in [5.74, 6) is 0.284. The monoisotopic (exact) mass is 289 g/mol. The molecule has 1 aromatic carbocycles. The van der Waals surface area contributed by atoms with Crippen LogP contribution in [-0.2, 0) is 19.2 Å². The van der Waals surface area contributed by atoms with E-state index in [-0.39, 0.29) is 5.75 Å². The van der Waals surface area contributed by atoms with Crippen molar-refractivity contribution in [2.75, 3.05) is 6.54 Å². The van der Waals surface area contributed by atoms with E-state index in [0.29, 0.717) is 13.1 Å². The van der Waals surface area contributed by atoms with Gasteiger partial charge in [0.05, 0.1) is 6.20 Å². The van der Waals surface area contributed by atoms with Crippen molar-refractivity contribution in [3.8, 4) is 5.75 Å². The number of phenols is 1. The van der Waals surface area contributed by atoms with Gasteiger partial charge in [0.1, 0.15) is 11.4 Å². The zero-order chi connectivity index (χ0) is 15.6. The summed E-state index contributed by atoms with van der Waals surface area (Å²) in [5, 5.41) is 27.7. The average molecular weight is 289 g/mol. The van der Waals surface area contributed by atoms with Gasteiger partial charge in [0.25, 0.3) is 0 Å². The fourth-order valence-electron chi connectivity index (χ4n) is 2.24. The molecule has 0 aliphatic carbocycles. The lowest BCUT2D eigenvalue weighted by molar-refractivity contribution is 0.0565. The van der Waals surface area contributed by atoms with Gasteiger partial charge in [0.15, 0.2) is 0 Å². The molecule has 0 saturated heterocycles. The standard InChI is InChI=1S/C16H23N3O2/c1-11-5-13(15(20)6-12(11)2)7-17-10-16(3,21)14-8-18-19(4)9-14/h5-6,8-9,17,20-21H,7,10H2,1-4H3. The van der Waals surface area contributed by atoms with Gasteiger partial charge in [-0.2, -0.15) is 5.10 Å². The first-order valence-electron chi connectivity index (χ1n) is 7.01. The van der Waals surface area contributed by atoms with E-state index in [2.05, 4.69) is 10.4 Å².